The molecule has 0 bridgehead atoms. The van der Waals surface area contributed by atoms with Crippen molar-refractivity contribution >= 4 is 19.4 Å². The topological polar surface area (TPSA) is 13.1 Å². The normalized spacial score (nSPS) is 14.1. The number of rotatable bonds is 3. The molecule has 0 amide bonds. The van der Waals surface area contributed by atoms with Crippen molar-refractivity contribution in [3.63, 3.8) is 0 Å². The first-order valence-electron chi connectivity index (χ1n) is 5.16. The number of hydrogen-bond acceptors (Lipinski definition) is 2. The van der Waals surface area contributed by atoms with Gasteiger partial charge in [-0.1, -0.05) is 25.7 Å². The van der Waals surface area contributed by atoms with Gasteiger partial charge >= 0.3 is 0 Å². The fourth-order valence-electron chi connectivity index (χ4n) is 1.90. The van der Waals surface area contributed by atoms with E-state index in [1.54, 1.807) is 6.26 Å². The van der Waals surface area contributed by atoms with E-state index in [4.69, 9.17) is 4.42 Å². The fraction of sp³-hybridized carbons (Fsp3) is 0.333. The molecule has 1 atom stereocenters. The molecule has 0 aliphatic carbocycles. The van der Waals surface area contributed by atoms with E-state index < -0.39 is 8.07 Å². The molecule has 3 heteroatoms. The first-order valence-corrected chi connectivity index (χ1v) is 9.61. The van der Waals surface area contributed by atoms with Crippen LogP contribution < -0.4 is 0 Å². The van der Waals surface area contributed by atoms with E-state index in [0.29, 0.717) is 5.54 Å². The highest BCUT2D eigenvalue weighted by Gasteiger charge is 2.32. The van der Waals surface area contributed by atoms with Gasteiger partial charge in [-0.15, -0.1) is 11.3 Å². The minimum atomic E-state index is -1.28. The van der Waals surface area contributed by atoms with Crippen LogP contribution >= 0.6 is 11.3 Å². The van der Waals surface area contributed by atoms with E-state index >= 15 is 0 Å². The van der Waals surface area contributed by atoms with Crippen molar-refractivity contribution in [3.8, 4) is 0 Å². The molecule has 2 heterocycles. The summed E-state index contributed by atoms with van der Waals surface area (Å²) in [6.45, 7) is 7.17. The predicted octanol–water partition coefficient (Wildman–Crippen LogP) is 4.35. The molecule has 15 heavy (non-hydrogen) atoms. The van der Waals surface area contributed by atoms with E-state index in [0.717, 1.165) is 5.76 Å². The van der Waals surface area contributed by atoms with Crippen LogP contribution in [-0.2, 0) is 0 Å². The minimum Gasteiger partial charge on any atom is -0.469 e. The lowest BCUT2D eigenvalue weighted by Crippen LogP contribution is -2.30. The van der Waals surface area contributed by atoms with Crippen LogP contribution in [-0.4, -0.2) is 8.07 Å². The van der Waals surface area contributed by atoms with E-state index in [9.17, 15) is 0 Å². The number of hydrogen-bond donors (Lipinski definition) is 0. The summed E-state index contributed by atoms with van der Waals surface area (Å²) in [5, 5.41) is 2.14. The minimum absolute atomic E-state index is 0.493. The van der Waals surface area contributed by atoms with Gasteiger partial charge in [-0.2, -0.15) is 0 Å². The summed E-state index contributed by atoms with van der Waals surface area (Å²) in [6.07, 6.45) is 1.77. The molecular formula is C12H16OSSi. The maximum atomic E-state index is 5.59. The van der Waals surface area contributed by atoms with Crippen LogP contribution in [0.5, 0.6) is 0 Å². The summed E-state index contributed by atoms with van der Waals surface area (Å²) in [4.78, 5) is 1.43. The van der Waals surface area contributed by atoms with Gasteiger partial charge in [0, 0.05) is 10.4 Å². The zero-order chi connectivity index (χ0) is 10.9. The van der Waals surface area contributed by atoms with Crippen LogP contribution in [0.3, 0.4) is 0 Å². The summed E-state index contributed by atoms with van der Waals surface area (Å²) in [7, 11) is -1.28. The van der Waals surface area contributed by atoms with Gasteiger partial charge in [0.25, 0.3) is 0 Å². The van der Waals surface area contributed by atoms with Gasteiger partial charge in [-0.05, 0) is 23.6 Å². The zero-order valence-electron chi connectivity index (χ0n) is 9.36. The molecule has 0 radical (unpaired) electrons. The van der Waals surface area contributed by atoms with Crippen molar-refractivity contribution in [2.24, 2.45) is 0 Å². The maximum Gasteiger partial charge on any atom is 0.109 e. The summed E-state index contributed by atoms with van der Waals surface area (Å²) >= 11 is 1.83. The van der Waals surface area contributed by atoms with Crippen LogP contribution in [0.25, 0.3) is 0 Å². The smallest absolute Gasteiger partial charge is 0.109 e. The molecule has 0 spiro atoms. The summed E-state index contributed by atoms with van der Waals surface area (Å²) < 4.78 is 5.59. The standard InChI is InChI=1S/C12H16OSSi/c1-15(2,3)12(10-6-4-8-13-10)11-7-5-9-14-11/h4-9,12H,1-3H3. The fourth-order valence-corrected chi connectivity index (χ4v) is 5.86. The molecule has 0 N–H and O–H groups in total. The Hall–Kier alpha value is -0.803. The highest BCUT2D eigenvalue weighted by Crippen LogP contribution is 2.36. The lowest BCUT2D eigenvalue weighted by molar-refractivity contribution is 0.514. The van der Waals surface area contributed by atoms with E-state index in [-0.39, 0.29) is 0 Å². The molecule has 0 aromatic carbocycles. The van der Waals surface area contributed by atoms with Gasteiger partial charge in [0.1, 0.15) is 5.76 Å². The van der Waals surface area contributed by atoms with Gasteiger partial charge in [0.05, 0.1) is 14.3 Å². The first kappa shape index (κ1) is 10.7. The van der Waals surface area contributed by atoms with Crippen molar-refractivity contribution < 1.29 is 4.42 Å². The number of thiophene rings is 1. The molecule has 0 aliphatic rings. The van der Waals surface area contributed by atoms with E-state index in [1.165, 1.54) is 4.88 Å². The highest BCUT2D eigenvalue weighted by molar-refractivity contribution is 7.10. The molecule has 2 rings (SSSR count). The van der Waals surface area contributed by atoms with Gasteiger partial charge < -0.3 is 4.42 Å². The Bertz CT molecular complexity index is 363. The van der Waals surface area contributed by atoms with Crippen molar-refractivity contribution in [2.75, 3.05) is 0 Å². The van der Waals surface area contributed by atoms with Crippen molar-refractivity contribution in [3.05, 3.63) is 46.5 Å². The summed E-state index contributed by atoms with van der Waals surface area (Å²) in [5.74, 6) is 1.12. The average molecular weight is 236 g/mol. The van der Waals surface area contributed by atoms with Gasteiger partial charge in [0.2, 0.25) is 0 Å². The molecular weight excluding hydrogens is 220 g/mol. The second-order valence-corrected chi connectivity index (χ2v) is 11.1. The Labute approximate surface area is 95.8 Å². The molecule has 0 saturated heterocycles. The van der Waals surface area contributed by atoms with E-state index in [2.05, 4.69) is 43.2 Å². The Morgan fingerprint density at radius 1 is 1.20 bits per heavy atom. The third-order valence-electron chi connectivity index (χ3n) is 2.52. The monoisotopic (exact) mass is 236 g/mol. The Morgan fingerprint density at radius 3 is 2.47 bits per heavy atom. The second kappa shape index (κ2) is 3.98. The second-order valence-electron chi connectivity index (χ2n) is 4.83. The molecule has 1 nitrogen and oxygen atoms in total. The molecule has 1 unspecified atom stereocenters. The number of furan rings is 1. The van der Waals surface area contributed by atoms with Crippen LogP contribution in [0.2, 0.25) is 19.6 Å². The Kier molecular flexibility index (Phi) is 2.84. The predicted molar refractivity (Wildman–Crippen MR) is 68.2 cm³/mol. The lowest BCUT2D eigenvalue weighted by atomic mass is 10.3. The van der Waals surface area contributed by atoms with Crippen molar-refractivity contribution in [1.29, 1.82) is 0 Å². The molecule has 0 fully saturated rings. The SMILES string of the molecule is C[Si](C)(C)C(c1ccco1)c1cccs1. The Morgan fingerprint density at radius 2 is 2.00 bits per heavy atom. The van der Waals surface area contributed by atoms with Crippen LogP contribution in [0.4, 0.5) is 0 Å². The van der Waals surface area contributed by atoms with Crippen molar-refractivity contribution in [1.82, 2.24) is 0 Å². The molecule has 0 aliphatic heterocycles. The molecule has 80 valence electrons. The third-order valence-corrected chi connectivity index (χ3v) is 6.00. The quantitative estimate of drug-likeness (QED) is 0.722. The Balaban J connectivity index is 2.42. The van der Waals surface area contributed by atoms with Crippen LogP contribution in [0, 0.1) is 0 Å². The largest absolute Gasteiger partial charge is 0.469 e. The highest BCUT2D eigenvalue weighted by atomic mass is 32.1. The zero-order valence-corrected chi connectivity index (χ0v) is 11.2. The molecule has 0 saturated carbocycles. The summed E-state index contributed by atoms with van der Waals surface area (Å²) in [6, 6.07) is 8.42. The maximum absolute atomic E-state index is 5.59. The summed E-state index contributed by atoms with van der Waals surface area (Å²) in [5.41, 5.74) is 0.493. The van der Waals surface area contributed by atoms with E-state index in [1.807, 2.05) is 17.4 Å². The van der Waals surface area contributed by atoms with Crippen molar-refractivity contribution in [2.45, 2.75) is 25.2 Å². The average Bonchev–Trinajstić information content (AvgIpc) is 2.73. The van der Waals surface area contributed by atoms with Gasteiger partial charge in [-0.3, -0.25) is 0 Å². The molecule has 2 aromatic rings. The van der Waals surface area contributed by atoms with Crippen LogP contribution in [0.1, 0.15) is 16.2 Å². The van der Waals surface area contributed by atoms with Gasteiger partial charge in [0.15, 0.2) is 0 Å². The van der Waals surface area contributed by atoms with Gasteiger partial charge in [-0.25, -0.2) is 0 Å². The first-order chi connectivity index (χ1) is 7.09. The third kappa shape index (κ3) is 2.24. The lowest BCUT2D eigenvalue weighted by Gasteiger charge is -2.26. The van der Waals surface area contributed by atoms with Crippen LogP contribution in [0.15, 0.2) is 40.3 Å². The molecule has 2 aromatic heterocycles.